The zero-order valence-electron chi connectivity index (χ0n) is 6.64. The molecule has 11 heavy (non-hydrogen) atoms. The van der Waals surface area contributed by atoms with E-state index in [0.717, 1.165) is 0 Å². The second-order valence-corrected chi connectivity index (χ2v) is 1.90. The van der Waals surface area contributed by atoms with Crippen LogP contribution >= 0.6 is 0 Å². The van der Waals surface area contributed by atoms with Crippen LogP contribution in [0.3, 0.4) is 0 Å². The van der Waals surface area contributed by atoms with Gasteiger partial charge >= 0.3 is 5.97 Å². The normalized spacial score (nSPS) is 9.64. The number of hydrogen-bond donors (Lipinski definition) is 0. The molecule has 0 radical (unpaired) electrons. The number of carbonyl (C=O) groups is 1. The number of halogens is 1. The molecule has 0 aromatic carbocycles. The smallest absolute Gasteiger partial charge is 0.332 e. The van der Waals surface area contributed by atoms with Crippen molar-refractivity contribution in [2.24, 2.45) is 0 Å². The Labute approximate surface area is 65.5 Å². The molecule has 0 unspecified atom stereocenters. The van der Waals surface area contributed by atoms with Crippen molar-refractivity contribution in [3.63, 3.8) is 0 Å². The highest BCUT2D eigenvalue weighted by atomic mass is 19.1. The zero-order chi connectivity index (χ0) is 8.53. The summed E-state index contributed by atoms with van der Waals surface area (Å²) in [6.07, 6.45) is 0.333. The van der Waals surface area contributed by atoms with E-state index in [0.29, 0.717) is 13.0 Å². The Morgan fingerprint density at radius 1 is 1.55 bits per heavy atom. The lowest BCUT2D eigenvalue weighted by Gasteiger charge is -2.01. The average Bonchev–Trinajstić information content (AvgIpc) is 1.99. The van der Waals surface area contributed by atoms with Crippen molar-refractivity contribution >= 4 is 5.97 Å². The molecule has 0 aromatic rings. The molecule has 0 aliphatic heterocycles. The summed E-state index contributed by atoms with van der Waals surface area (Å²) in [4.78, 5) is 10.6. The van der Waals surface area contributed by atoms with Crippen LogP contribution in [0.4, 0.5) is 4.39 Å². The molecule has 0 aromatic heterocycles. The molecule has 66 valence electrons. The number of esters is 1. The van der Waals surface area contributed by atoms with E-state index in [1.165, 1.54) is 0 Å². The monoisotopic (exact) mass is 164 g/mol. The fraction of sp³-hybridized carbons (Fsp3) is 0.857. The number of ether oxygens (including phenoxy) is 2. The first-order chi connectivity index (χ1) is 5.31. The first kappa shape index (κ1) is 10.4. The van der Waals surface area contributed by atoms with Crippen LogP contribution in [0.1, 0.15) is 13.3 Å². The van der Waals surface area contributed by atoms with Gasteiger partial charge < -0.3 is 9.47 Å². The van der Waals surface area contributed by atoms with Crippen molar-refractivity contribution in [3.8, 4) is 0 Å². The first-order valence-electron chi connectivity index (χ1n) is 3.60. The fourth-order valence-electron chi connectivity index (χ4n) is 0.515. The topological polar surface area (TPSA) is 35.5 Å². The van der Waals surface area contributed by atoms with Gasteiger partial charge in [-0.15, -0.1) is 0 Å². The molecule has 0 aliphatic rings. The van der Waals surface area contributed by atoms with Gasteiger partial charge in [0.2, 0.25) is 0 Å². The summed E-state index contributed by atoms with van der Waals surface area (Å²) in [7, 11) is 0. The molecule has 0 fully saturated rings. The van der Waals surface area contributed by atoms with Gasteiger partial charge in [0.05, 0.1) is 13.3 Å². The minimum atomic E-state index is -0.414. The lowest BCUT2D eigenvalue weighted by Crippen LogP contribution is -2.12. The molecule has 0 N–H and O–H groups in total. The predicted octanol–water partition coefficient (Wildman–Crippen LogP) is 0.926. The van der Waals surface area contributed by atoms with Crippen LogP contribution in [0.15, 0.2) is 0 Å². The van der Waals surface area contributed by atoms with Crippen LogP contribution in [0.5, 0.6) is 0 Å². The maximum Gasteiger partial charge on any atom is 0.332 e. The summed E-state index contributed by atoms with van der Waals surface area (Å²) in [6, 6.07) is 0. The fourth-order valence-corrected chi connectivity index (χ4v) is 0.515. The number of hydrogen-bond acceptors (Lipinski definition) is 3. The standard InChI is InChI=1S/C7H13FO3/c1-2-11-7(9)6-10-5-3-4-8/h2-6H2,1H3. The minimum Gasteiger partial charge on any atom is -0.464 e. The van der Waals surface area contributed by atoms with Gasteiger partial charge in [0, 0.05) is 6.61 Å². The highest BCUT2D eigenvalue weighted by Crippen LogP contribution is 1.85. The summed E-state index contributed by atoms with van der Waals surface area (Å²) in [5.74, 6) is -0.397. The van der Waals surface area contributed by atoms with Crippen molar-refractivity contribution in [2.75, 3.05) is 26.5 Å². The van der Waals surface area contributed by atoms with E-state index in [1.54, 1.807) is 6.92 Å². The van der Waals surface area contributed by atoms with Gasteiger partial charge in [-0.1, -0.05) is 0 Å². The van der Waals surface area contributed by atoms with E-state index >= 15 is 0 Å². The van der Waals surface area contributed by atoms with Crippen LogP contribution in [0, 0.1) is 0 Å². The number of alkyl halides is 1. The van der Waals surface area contributed by atoms with E-state index in [-0.39, 0.29) is 13.2 Å². The zero-order valence-corrected chi connectivity index (χ0v) is 6.64. The van der Waals surface area contributed by atoms with Crippen molar-refractivity contribution < 1.29 is 18.7 Å². The van der Waals surface area contributed by atoms with E-state index < -0.39 is 12.6 Å². The molecule has 3 nitrogen and oxygen atoms in total. The lowest BCUT2D eigenvalue weighted by atomic mass is 10.5. The van der Waals surface area contributed by atoms with Gasteiger partial charge in [0.1, 0.15) is 6.61 Å². The Balaban J connectivity index is 3.04. The third-order valence-corrected chi connectivity index (χ3v) is 0.948. The van der Waals surface area contributed by atoms with Gasteiger partial charge in [0.25, 0.3) is 0 Å². The van der Waals surface area contributed by atoms with Gasteiger partial charge in [-0.3, -0.25) is 4.39 Å². The predicted molar refractivity (Wildman–Crippen MR) is 38.0 cm³/mol. The average molecular weight is 164 g/mol. The molecule has 0 saturated heterocycles. The molecule has 0 spiro atoms. The minimum absolute atomic E-state index is 0.0756. The van der Waals surface area contributed by atoms with Crippen LogP contribution in [-0.2, 0) is 14.3 Å². The molecular weight excluding hydrogens is 151 g/mol. The van der Waals surface area contributed by atoms with Crippen LogP contribution in [-0.4, -0.2) is 32.5 Å². The molecule has 0 rings (SSSR count). The van der Waals surface area contributed by atoms with Crippen LogP contribution in [0.2, 0.25) is 0 Å². The Hall–Kier alpha value is -0.640. The SMILES string of the molecule is CCOC(=O)COCCCF. The first-order valence-corrected chi connectivity index (χ1v) is 3.60. The Bertz CT molecular complexity index is 106. The Morgan fingerprint density at radius 3 is 2.82 bits per heavy atom. The highest BCUT2D eigenvalue weighted by Gasteiger charge is 1.99. The quantitative estimate of drug-likeness (QED) is 0.432. The number of rotatable bonds is 6. The molecule has 0 bridgehead atoms. The summed E-state index contributed by atoms with van der Waals surface area (Å²) < 4.78 is 20.8. The third-order valence-electron chi connectivity index (χ3n) is 0.948. The summed E-state index contributed by atoms with van der Waals surface area (Å²) in [5, 5.41) is 0. The summed E-state index contributed by atoms with van der Waals surface area (Å²) in [6.45, 7) is 1.86. The van der Waals surface area contributed by atoms with Gasteiger partial charge in [-0.25, -0.2) is 4.79 Å². The van der Waals surface area contributed by atoms with E-state index in [1.807, 2.05) is 0 Å². The maximum absolute atomic E-state index is 11.5. The molecular formula is C7H13FO3. The Morgan fingerprint density at radius 2 is 2.27 bits per heavy atom. The van der Waals surface area contributed by atoms with Crippen molar-refractivity contribution in [1.82, 2.24) is 0 Å². The second kappa shape index (κ2) is 7.47. The van der Waals surface area contributed by atoms with Crippen molar-refractivity contribution in [2.45, 2.75) is 13.3 Å². The maximum atomic E-state index is 11.5. The van der Waals surface area contributed by atoms with Gasteiger partial charge in [-0.2, -0.15) is 0 Å². The summed E-state index contributed by atoms with van der Waals surface area (Å²) >= 11 is 0. The molecule has 0 heterocycles. The van der Waals surface area contributed by atoms with E-state index in [9.17, 15) is 9.18 Å². The molecule has 0 atom stereocenters. The van der Waals surface area contributed by atoms with E-state index in [4.69, 9.17) is 4.74 Å². The number of carbonyl (C=O) groups excluding carboxylic acids is 1. The molecule has 4 heteroatoms. The van der Waals surface area contributed by atoms with Crippen molar-refractivity contribution in [3.05, 3.63) is 0 Å². The van der Waals surface area contributed by atoms with E-state index in [2.05, 4.69) is 4.74 Å². The Kier molecular flexibility index (Phi) is 7.03. The van der Waals surface area contributed by atoms with Gasteiger partial charge in [0.15, 0.2) is 0 Å². The molecule has 0 saturated carbocycles. The van der Waals surface area contributed by atoms with Gasteiger partial charge in [-0.05, 0) is 13.3 Å². The second-order valence-electron chi connectivity index (χ2n) is 1.90. The third kappa shape index (κ3) is 7.25. The highest BCUT2D eigenvalue weighted by molar-refractivity contribution is 5.70. The summed E-state index contributed by atoms with van der Waals surface area (Å²) in [5.41, 5.74) is 0. The van der Waals surface area contributed by atoms with Crippen molar-refractivity contribution in [1.29, 1.82) is 0 Å². The van der Waals surface area contributed by atoms with Crippen LogP contribution < -0.4 is 0 Å². The lowest BCUT2D eigenvalue weighted by molar-refractivity contribution is -0.148. The largest absolute Gasteiger partial charge is 0.464 e. The van der Waals surface area contributed by atoms with Crippen LogP contribution in [0.25, 0.3) is 0 Å². The molecule has 0 aliphatic carbocycles. The molecule has 0 amide bonds.